The molecule has 0 heterocycles. The van der Waals surface area contributed by atoms with Crippen LogP contribution in [0.4, 0.5) is 0 Å². The molecular weight excluding hydrogens is 444 g/mol. The van der Waals surface area contributed by atoms with Gasteiger partial charge in [-0.05, 0) is 0 Å². The van der Waals surface area contributed by atoms with Crippen molar-refractivity contribution in [1.29, 1.82) is 0 Å². The predicted octanol–water partition coefficient (Wildman–Crippen LogP) is -12.4. The molecule has 0 fully saturated rings. The maximum Gasteiger partial charge on any atom is 2.00 e. The zero-order valence-corrected chi connectivity index (χ0v) is 13.9. The Balaban J connectivity index is 0. The Hall–Kier alpha value is 4.59. The van der Waals surface area contributed by atoms with Gasteiger partial charge < -0.3 is 71.9 Å². The van der Waals surface area contributed by atoms with E-state index in [1.807, 2.05) is 0 Å². The first kappa shape index (κ1) is 33.6. The van der Waals surface area contributed by atoms with Crippen LogP contribution in [0.2, 0.25) is 0 Å². The molecule has 0 aliphatic heterocycles. The van der Waals surface area contributed by atoms with Crippen LogP contribution in [0.15, 0.2) is 0 Å². The molecule has 0 N–H and O–H groups in total. The van der Waals surface area contributed by atoms with Gasteiger partial charge in [-0.2, -0.15) is 0 Å². The molecule has 0 bridgehead atoms. The first-order valence-corrected chi connectivity index (χ1v) is 0. The van der Waals surface area contributed by atoms with Crippen molar-refractivity contribution in [2.45, 2.75) is 0 Å². The Bertz CT molecular complexity index is 6.85. The molecule has 0 rings (SSSR count). The van der Waals surface area contributed by atoms with E-state index in [-0.39, 0.29) is 146 Å². The second-order valence-corrected chi connectivity index (χ2v) is 0. The molecule has 0 saturated heterocycles. The van der Waals surface area contributed by atoms with Crippen LogP contribution in [-0.4, -0.2) is 23.1 Å². The molecule has 0 radical (unpaired) electrons. The molecule has 0 atom stereocenters. The molecule has 0 aliphatic rings. The van der Waals surface area contributed by atoms with Gasteiger partial charge in [-0.15, -0.1) is 0 Å². The van der Waals surface area contributed by atoms with E-state index >= 15 is 0 Å². The van der Waals surface area contributed by atoms with E-state index in [0.29, 0.717) is 0 Å². The smallest absolute Gasteiger partial charge is 1.00 e. The number of halogens is 3. The third-order valence-electron chi connectivity index (χ3n) is 0. The van der Waals surface area contributed by atoms with Crippen LogP contribution in [0.3, 0.4) is 0 Å². The van der Waals surface area contributed by atoms with Crippen molar-refractivity contribution in [2.75, 3.05) is 0 Å². The first-order chi connectivity index (χ1) is 0. The molecule has 24 valence electrons. The molecule has 0 unspecified atom stereocenters. The molecular formula is I3KMg. The van der Waals surface area contributed by atoms with Crippen LogP contribution in [0.25, 0.3) is 0 Å². The normalized spacial score (nSPS) is 0. The monoisotopic (exact) mass is 444 g/mol. The fourth-order valence-corrected chi connectivity index (χ4v) is 0. The van der Waals surface area contributed by atoms with Crippen LogP contribution in [0, 0.1) is 0 Å². The van der Waals surface area contributed by atoms with Crippen molar-refractivity contribution in [3.05, 3.63) is 0 Å². The quantitative estimate of drug-likeness (QED) is 0.258. The summed E-state index contributed by atoms with van der Waals surface area (Å²) in [6.07, 6.45) is 0. The average Bonchev–Trinajstić information content (AvgIpc) is 0. The van der Waals surface area contributed by atoms with E-state index in [1.54, 1.807) is 0 Å². The summed E-state index contributed by atoms with van der Waals surface area (Å²) in [6, 6.07) is 0. The number of hydrogen-bond acceptors (Lipinski definition) is 0. The van der Waals surface area contributed by atoms with Crippen LogP contribution in [-0.2, 0) is 0 Å². The van der Waals surface area contributed by atoms with E-state index < -0.39 is 0 Å². The summed E-state index contributed by atoms with van der Waals surface area (Å²) in [5, 5.41) is 0. The Kier molecular flexibility index (Phi) is 158. The Morgan fingerprint density at radius 1 is 0.600 bits per heavy atom. The van der Waals surface area contributed by atoms with Gasteiger partial charge in [-0.3, -0.25) is 0 Å². The second kappa shape index (κ2) is 23.5. The SMILES string of the molecule is [I-].[I-].[I-].[K+].[Mg+2]. The van der Waals surface area contributed by atoms with Gasteiger partial charge in [0.25, 0.3) is 0 Å². The summed E-state index contributed by atoms with van der Waals surface area (Å²) in [4.78, 5) is 0. The third kappa shape index (κ3) is 17.7. The Morgan fingerprint density at radius 3 is 0.600 bits per heavy atom. The minimum atomic E-state index is 0. The summed E-state index contributed by atoms with van der Waals surface area (Å²) in [7, 11) is 0. The summed E-state index contributed by atoms with van der Waals surface area (Å²) in [5.41, 5.74) is 0. The van der Waals surface area contributed by atoms with Gasteiger partial charge in [-0.25, -0.2) is 0 Å². The second-order valence-electron chi connectivity index (χ2n) is 0. The van der Waals surface area contributed by atoms with Gasteiger partial charge in [0.1, 0.15) is 0 Å². The molecule has 0 saturated carbocycles. The van der Waals surface area contributed by atoms with E-state index in [9.17, 15) is 0 Å². The molecule has 0 nitrogen and oxygen atoms in total. The molecule has 5 heavy (non-hydrogen) atoms. The van der Waals surface area contributed by atoms with Gasteiger partial charge in [0.05, 0.1) is 0 Å². The third-order valence-corrected chi connectivity index (χ3v) is 0. The molecule has 0 spiro atoms. The maximum atomic E-state index is 0. The van der Waals surface area contributed by atoms with Crippen molar-refractivity contribution in [1.82, 2.24) is 0 Å². The summed E-state index contributed by atoms with van der Waals surface area (Å²) < 4.78 is 0. The standard InChI is InChI=1S/3HI.K.Mg/h3*1H;;/q;;;+1;+2/p-3. The number of hydrogen-bond donors (Lipinski definition) is 0. The van der Waals surface area contributed by atoms with Crippen molar-refractivity contribution >= 4 is 23.1 Å². The van der Waals surface area contributed by atoms with Crippen molar-refractivity contribution in [3.8, 4) is 0 Å². The maximum absolute atomic E-state index is 0. The average molecular weight is 444 g/mol. The minimum Gasteiger partial charge on any atom is -1.00 e. The van der Waals surface area contributed by atoms with Gasteiger partial charge in [0.15, 0.2) is 0 Å². The van der Waals surface area contributed by atoms with Crippen molar-refractivity contribution < 1.29 is 123 Å². The van der Waals surface area contributed by atoms with Crippen LogP contribution < -0.4 is 123 Å². The van der Waals surface area contributed by atoms with Gasteiger partial charge >= 0.3 is 74.4 Å². The fourth-order valence-electron chi connectivity index (χ4n) is 0. The van der Waals surface area contributed by atoms with Crippen molar-refractivity contribution in [3.63, 3.8) is 0 Å². The summed E-state index contributed by atoms with van der Waals surface area (Å²) in [6.45, 7) is 0. The molecule has 5 heteroatoms. The van der Waals surface area contributed by atoms with E-state index in [1.165, 1.54) is 0 Å². The molecule has 0 aliphatic carbocycles. The topological polar surface area (TPSA) is 0 Å². The Morgan fingerprint density at radius 2 is 0.600 bits per heavy atom. The minimum absolute atomic E-state index is 0. The van der Waals surface area contributed by atoms with Crippen LogP contribution in [0.5, 0.6) is 0 Å². The summed E-state index contributed by atoms with van der Waals surface area (Å²) in [5.74, 6) is 0. The zero-order valence-electron chi connectivity index (χ0n) is 2.84. The van der Waals surface area contributed by atoms with Gasteiger partial charge in [0, 0.05) is 0 Å². The summed E-state index contributed by atoms with van der Waals surface area (Å²) >= 11 is 0. The van der Waals surface area contributed by atoms with E-state index in [4.69, 9.17) is 0 Å². The van der Waals surface area contributed by atoms with E-state index in [2.05, 4.69) is 0 Å². The van der Waals surface area contributed by atoms with Gasteiger partial charge in [0.2, 0.25) is 0 Å². The van der Waals surface area contributed by atoms with E-state index in [0.717, 1.165) is 0 Å². The molecule has 0 aromatic rings. The molecule has 0 aromatic carbocycles. The van der Waals surface area contributed by atoms with Crippen LogP contribution in [0.1, 0.15) is 0 Å². The molecule has 0 amide bonds. The molecule has 0 aromatic heterocycles. The predicted molar refractivity (Wildman–Crippen MR) is 5.75 cm³/mol. The van der Waals surface area contributed by atoms with Gasteiger partial charge in [-0.1, -0.05) is 0 Å². The Labute approximate surface area is 142 Å². The first-order valence-electron chi connectivity index (χ1n) is 0. The number of rotatable bonds is 0. The zero-order chi connectivity index (χ0) is 0. The van der Waals surface area contributed by atoms with Crippen molar-refractivity contribution in [2.24, 2.45) is 0 Å². The fraction of sp³-hybridized carbons (Fsp3) is 0. The largest absolute Gasteiger partial charge is 2.00 e. The van der Waals surface area contributed by atoms with Crippen LogP contribution >= 0.6 is 0 Å².